The average molecular weight is 283 g/mol. The van der Waals surface area contributed by atoms with Gasteiger partial charge in [-0.25, -0.2) is 4.39 Å². The van der Waals surface area contributed by atoms with Crippen LogP contribution in [0.15, 0.2) is 18.2 Å². The van der Waals surface area contributed by atoms with Crippen molar-refractivity contribution in [1.29, 1.82) is 0 Å². The van der Waals surface area contributed by atoms with E-state index in [4.69, 9.17) is 15.3 Å². The number of ether oxygens (including phenoxy) is 2. The van der Waals surface area contributed by atoms with Crippen molar-refractivity contribution in [3.63, 3.8) is 0 Å². The van der Waals surface area contributed by atoms with Crippen molar-refractivity contribution in [3.8, 4) is 5.75 Å². The molecule has 0 saturated carbocycles. The van der Waals surface area contributed by atoms with Crippen LogP contribution in [0.3, 0.4) is 0 Å². The van der Waals surface area contributed by atoms with Crippen LogP contribution in [0, 0.1) is 5.82 Å². The van der Waals surface area contributed by atoms with E-state index in [2.05, 4.69) is 17.4 Å². The third kappa shape index (κ3) is 3.67. The van der Waals surface area contributed by atoms with Crippen molar-refractivity contribution in [1.82, 2.24) is 10.3 Å². The maximum atomic E-state index is 13.7. The molecule has 1 heterocycles. The number of benzene rings is 1. The molecule has 0 radical (unpaired) electrons. The summed E-state index contributed by atoms with van der Waals surface area (Å²) in [7, 11) is 3.50. The van der Waals surface area contributed by atoms with Crippen LogP contribution in [0.4, 0.5) is 4.39 Å². The van der Waals surface area contributed by atoms with E-state index in [1.807, 2.05) is 6.07 Å². The van der Waals surface area contributed by atoms with Gasteiger partial charge in [0.15, 0.2) is 11.6 Å². The highest BCUT2D eigenvalue weighted by Crippen LogP contribution is 2.20. The van der Waals surface area contributed by atoms with Gasteiger partial charge in [0.1, 0.15) is 0 Å². The van der Waals surface area contributed by atoms with Gasteiger partial charge in [0, 0.05) is 13.1 Å². The number of rotatable bonds is 5. The first-order valence-electron chi connectivity index (χ1n) is 6.72. The van der Waals surface area contributed by atoms with Crippen LogP contribution in [0.5, 0.6) is 5.75 Å². The molecular formula is C14H22FN3O2. The number of nitrogens with one attached hydrogen (secondary N) is 1. The maximum absolute atomic E-state index is 13.7. The summed E-state index contributed by atoms with van der Waals surface area (Å²) in [6.45, 7) is 2.43. The molecule has 1 aliphatic rings. The Balaban J connectivity index is 2.04. The third-order valence-electron chi connectivity index (χ3n) is 3.63. The number of nitrogens with zero attached hydrogens (tertiary/aromatic N) is 1. The number of halogens is 1. The molecule has 2 unspecified atom stereocenters. The molecule has 2 atom stereocenters. The van der Waals surface area contributed by atoms with Crippen LogP contribution in [0.25, 0.3) is 0 Å². The molecule has 0 amide bonds. The quantitative estimate of drug-likeness (QED) is 0.610. The number of likely N-dealkylation sites (N-methyl/N-ethyl adjacent to an activating group) is 1. The average Bonchev–Trinajstić information content (AvgIpc) is 2.45. The summed E-state index contributed by atoms with van der Waals surface area (Å²) in [5.74, 6) is 5.51. The Kier molecular flexibility index (Phi) is 5.31. The molecule has 1 saturated heterocycles. The van der Waals surface area contributed by atoms with Crippen LogP contribution in [0.2, 0.25) is 0 Å². The monoisotopic (exact) mass is 283 g/mol. The highest BCUT2D eigenvalue weighted by molar-refractivity contribution is 5.29. The van der Waals surface area contributed by atoms with Gasteiger partial charge >= 0.3 is 0 Å². The van der Waals surface area contributed by atoms with E-state index < -0.39 is 0 Å². The molecule has 1 aromatic carbocycles. The van der Waals surface area contributed by atoms with Gasteiger partial charge in [0.25, 0.3) is 0 Å². The lowest BCUT2D eigenvalue weighted by Crippen LogP contribution is -2.54. The van der Waals surface area contributed by atoms with Gasteiger partial charge in [-0.15, -0.1) is 0 Å². The highest BCUT2D eigenvalue weighted by Gasteiger charge is 2.26. The molecule has 1 aromatic rings. The predicted molar refractivity (Wildman–Crippen MR) is 75.0 cm³/mol. The Morgan fingerprint density at radius 1 is 1.60 bits per heavy atom. The van der Waals surface area contributed by atoms with Gasteiger partial charge in [-0.3, -0.25) is 11.3 Å². The van der Waals surface area contributed by atoms with E-state index >= 15 is 0 Å². The van der Waals surface area contributed by atoms with Crippen LogP contribution in [-0.4, -0.2) is 50.9 Å². The summed E-state index contributed by atoms with van der Waals surface area (Å²) < 4.78 is 24.4. The number of hydrogen-bond acceptors (Lipinski definition) is 5. The SMILES string of the molecule is COc1ccc(CC(NN)C2CN(C)CCO2)cc1F. The molecule has 2 rings (SSSR count). The minimum atomic E-state index is -0.359. The lowest BCUT2D eigenvalue weighted by molar-refractivity contribution is -0.0384. The number of nitrogens with two attached hydrogens (primary N) is 1. The van der Waals surface area contributed by atoms with Crippen molar-refractivity contribution in [3.05, 3.63) is 29.6 Å². The first kappa shape index (κ1) is 15.2. The van der Waals surface area contributed by atoms with Crippen molar-refractivity contribution in [2.45, 2.75) is 18.6 Å². The number of methoxy groups -OCH3 is 1. The van der Waals surface area contributed by atoms with E-state index in [1.165, 1.54) is 13.2 Å². The van der Waals surface area contributed by atoms with Crippen LogP contribution < -0.4 is 16.0 Å². The largest absolute Gasteiger partial charge is 0.494 e. The first-order valence-corrected chi connectivity index (χ1v) is 6.72. The van der Waals surface area contributed by atoms with Gasteiger partial charge < -0.3 is 14.4 Å². The van der Waals surface area contributed by atoms with E-state index in [-0.39, 0.29) is 23.7 Å². The maximum Gasteiger partial charge on any atom is 0.165 e. The molecule has 0 aromatic heterocycles. The molecule has 0 spiro atoms. The molecule has 1 fully saturated rings. The standard InChI is InChI=1S/C14H22FN3O2/c1-18-5-6-20-14(9-18)12(17-16)8-10-3-4-13(19-2)11(15)7-10/h3-4,7,12,14,17H,5-6,8-9,16H2,1-2H3. The molecule has 0 bridgehead atoms. The number of hydrogen-bond donors (Lipinski definition) is 2. The number of hydrazine groups is 1. The van der Waals surface area contributed by atoms with E-state index in [0.717, 1.165) is 18.7 Å². The van der Waals surface area contributed by atoms with Crippen LogP contribution >= 0.6 is 0 Å². The van der Waals surface area contributed by atoms with Gasteiger partial charge in [-0.2, -0.15) is 0 Å². The van der Waals surface area contributed by atoms with Crippen molar-refractivity contribution in [2.75, 3.05) is 33.9 Å². The van der Waals surface area contributed by atoms with E-state index in [1.54, 1.807) is 6.07 Å². The van der Waals surface area contributed by atoms with Gasteiger partial charge in [0.05, 0.1) is 25.9 Å². The zero-order valence-electron chi connectivity index (χ0n) is 11.9. The summed E-state index contributed by atoms with van der Waals surface area (Å²) in [4.78, 5) is 2.20. The second-order valence-corrected chi connectivity index (χ2v) is 5.12. The highest BCUT2D eigenvalue weighted by atomic mass is 19.1. The summed E-state index contributed by atoms with van der Waals surface area (Å²) in [5.41, 5.74) is 3.65. The van der Waals surface area contributed by atoms with Gasteiger partial charge in [-0.05, 0) is 31.2 Å². The molecule has 0 aliphatic carbocycles. The Labute approximate surface area is 118 Å². The van der Waals surface area contributed by atoms with Crippen molar-refractivity contribution < 1.29 is 13.9 Å². The molecule has 112 valence electrons. The second-order valence-electron chi connectivity index (χ2n) is 5.12. The fourth-order valence-electron chi connectivity index (χ4n) is 2.44. The lowest BCUT2D eigenvalue weighted by Gasteiger charge is -2.35. The normalized spacial score (nSPS) is 21.7. The topological polar surface area (TPSA) is 59.8 Å². The Bertz CT molecular complexity index is 444. The Morgan fingerprint density at radius 3 is 3.00 bits per heavy atom. The summed E-state index contributed by atoms with van der Waals surface area (Å²) in [6, 6.07) is 4.91. The van der Waals surface area contributed by atoms with Crippen LogP contribution in [0.1, 0.15) is 5.56 Å². The predicted octanol–water partition coefficient (Wildman–Crippen LogP) is 0.539. The fraction of sp³-hybridized carbons (Fsp3) is 0.571. The summed E-state index contributed by atoms with van der Waals surface area (Å²) >= 11 is 0. The van der Waals surface area contributed by atoms with Crippen molar-refractivity contribution >= 4 is 0 Å². The minimum absolute atomic E-state index is 0.00362. The van der Waals surface area contributed by atoms with Crippen molar-refractivity contribution in [2.24, 2.45) is 5.84 Å². The molecule has 5 nitrogen and oxygen atoms in total. The smallest absolute Gasteiger partial charge is 0.165 e. The third-order valence-corrected chi connectivity index (χ3v) is 3.63. The molecule has 6 heteroatoms. The Hall–Kier alpha value is -1.21. The van der Waals surface area contributed by atoms with Crippen LogP contribution in [-0.2, 0) is 11.2 Å². The van der Waals surface area contributed by atoms with Gasteiger partial charge in [0.2, 0.25) is 0 Å². The lowest BCUT2D eigenvalue weighted by atomic mass is 10.0. The van der Waals surface area contributed by atoms with Gasteiger partial charge in [-0.1, -0.05) is 6.07 Å². The minimum Gasteiger partial charge on any atom is -0.494 e. The Morgan fingerprint density at radius 2 is 2.40 bits per heavy atom. The second kappa shape index (κ2) is 6.99. The first-order chi connectivity index (χ1) is 9.63. The van der Waals surface area contributed by atoms with E-state index in [0.29, 0.717) is 13.0 Å². The van der Waals surface area contributed by atoms with E-state index in [9.17, 15) is 4.39 Å². The zero-order chi connectivity index (χ0) is 14.5. The summed E-state index contributed by atoms with van der Waals surface area (Å²) in [6.07, 6.45) is 0.611. The molecule has 1 aliphatic heterocycles. The molecule has 20 heavy (non-hydrogen) atoms. The fourth-order valence-corrected chi connectivity index (χ4v) is 2.44. The zero-order valence-corrected chi connectivity index (χ0v) is 11.9. The molecule has 3 N–H and O–H groups in total. The molecular weight excluding hydrogens is 261 g/mol. The number of morpholine rings is 1. The summed E-state index contributed by atoms with van der Waals surface area (Å²) in [5, 5.41) is 0.